The van der Waals surface area contributed by atoms with Crippen LogP contribution >= 0.6 is 15.9 Å². The second kappa shape index (κ2) is 6.27. The number of nitrogens with one attached hydrogen (secondary N) is 2. The average molecular weight is 362 g/mol. The number of benzene rings is 1. The molecule has 0 aliphatic carbocycles. The highest BCUT2D eigenvalue weighted by atomic mass is 79.9. The van der Waals surface area contributed by atoms with Crippen molar-refractivity contribution in [3.8, 4) is 0 Å². The van der Waals surface area contributed by atoms with Gasteiger partial charge in [-0.1, -0.05) is 12.1 Å². The van der Waals surface area contributed by atoms with Crippen LogP contribution in [0.1, 0.15) is 11.1 Å². The predicted octanol–water partition coefficient (Wildman–Crippen LogP) is 3.16. The molecule has 1 aromatic carbocycles. The summed E-state index contributed by atoms with van der Waals surface area (Å²) in [7, 11) is 0. The van der Waals surface area contributed by atoms with Crippen LogP contribution in [0.5, 0.6) is 0 Å². The van der Waals surface area contributed by atoms with E-state index in [0.29, 0.717) is 28.2 Å². The quantitative estimate of drug-likeness (QED) is 0.576. The number of aromatic nitrogens is 2. The monoisotopic (exact) mass is 361 g/mol. The highest BCUT2D eigenvalue weighted by Gasteiger charge is 2.29. The molecule has 0 saturated carbocycles. The zero-order chi connectivity index (χ0) is 15.5. The molecule has 0 spiro atoms. The molecule has 0 radical (unpaired) electrons. The number of hydrogen-bond donors (Lipinski definition) is 3. The van der Waals surface area contributed by atoms with Crippen molar-refractivity contribution in [2.24, 2.45) is 5.84 Å². The SMILES string of the molecule is NNc1ncnc(NCc2ccc(C(F)(F)F)cc2)c1Br. The second-order valence-electron chi connectivity index (χ2n) is 4.08. The predicted molar refractivity (Wildman–Crippen MR) is 76.3 cm³/mol. The van der Waals surface area contributed by atoms with Gasteiger partial charge in [-0.25, -0.2) is 15.8 Å². The van der Waals surface area contributed by atoms with Crippen molar-refractivity contribution in [2.45, 2.75) is 12.7 Å². The zero-order valence-corrected chi connectivity index (χ0v) is 12.2. The Balaban J connectivity index is 2.07. The molecule has 112 valence electrons. The Labute approximate surface area is 126 Å². The van der Waals surface area contributed by atoms with E-state index in [2.05, 4.69) is 36.6 Å². The van der Waals surface area contributed by atoms with Crippen LogP contribution in [0.4, 0.5) is 24.8 Å². The number of rotatable bonds is 4. The Hall–Kier alpha value is -1.87. The molecule has 2 rings (SSSR count). The topological polar surface area (TPSA) is 75.9 Å². The first kappa shape index (κ1) is 15.5. The van der Waals surface area contributed by atoms with Gasteiger partial charge >= 0.3 is 6.18 Å². The van der Waals surface area contributed by atoms with Crippen LogP contribution in [0.15, 0.2) is 35.1 Å². The molecule has 0 fully saturated rings. The smallest absolute Gasteiger partial charge is 0.365 e. The van der Waals surface area contributed by atoms with E-state index in [4.69, 9.17) is 5.84 Å². The average Bonchev–Trinajstić information content (AvgIpc) is 2.46. The highest BCUT2D eigenvalue weighted by Crippen LogP contribution is 2.29. The van der Waals surface area contributed by atoms with Gasteiger partial charge in [0, 0.05) is 6.54 Å². The molecule has 0 atom stereocenters. The second-order valence-corrected chi connectivity index (χ2v) is 4.87. The summed E-state index contributed by atoms with van der Waals surface area (Å²) >= 11 is 3.27. The molecule has 1 heterocycles. The normalized spacial score (nSPS) is 11.3. The van der Waals surface area contributed by atoms with Gasteiger partial charge in [-0.3, -0.25) is 0 Å². The summed E-state index contributed by atoms with van der Waals surface area (Å²) in [4.78, 5) is 7.91. The van der Waals surface area contributed by atoms with Crippen LogP contribution in [0.3, 0.4) is 0 Å². The van der Waals surface area contributed by atoms with Crippen molar-refractivity contribution in [3.63, 3.8) is 0 Å². The molecule has 21 heavy (non-hydrogen) atoms. The maximum atomic E-state index is 12.4. The van der Waals surface area contributed by atoms with Gasteiger partial charge in [0.1, 0.15) is 16.6 Å². The molecule has 1 aromatic heterocycles. The lowest BCUT2D eigenvalue weighted by Gasteiger charge is -2.11. The fourth-order valence-electron chi connectivity index (χ4n) is 1.59. The molecule has 0 saturated heterocycles. The summed E-state index contributed by atoms with van der Waals surface area (Å²) in [5.41, 5.74) is 2.41. The Morgan fingerprint density at radius 2 is 1.71 bits per heavy atom. The Morgan fingerprint density at radius 1 is 1.10 bits per heavy atom. The minimum atomic E-state index is -4.33. The third-order valence-electron chi connectivity index (χ3n) is 2.67. The summed E-state index contributed by atoms with van der Waals surface area (Å²) in [5, 5.41) is 2.99. The molecule has 0 bridgehead atoms. The van der Waals surface area contributed by atoms with Gasteiger partial charge in [-0.2, -0.15) is 13.2 Å². The molecule has 0 aliphatic heterocycles. The third-order valence-corrected chi connectivity index (χ3v) is 3.42. The van der Waals surface area contributed by atoms with E-state index in [1.807, 2.05) is 0 Å². The number of nitrogens with two attached hydrogens (primary N) is 1. The lowest BCUT2D eigenvalue weighted by Crippen LogP contribution is -2.11. The van der Waals surface area contributed by atoms with Crippen molar-refractivity contribution >= 4 is 27.6 Å². The molecule has 0 amide bonds. The van der Waals surface area contributed by atoms with Gasteiger partial charge in [-0.15, -0.1) is 0 Å². The third kappa shape index (κ3) is 3.82. The van der Waals surface area contributed by atoms with Crippen molar-refractivity contribution in [1.82, 2.24) is 9.97 Å². The number of alkyl halides is 3. The van der Waals surface area contributed by atoms with E-state index in [1.165, 1.54) is 18.5 Å². The molecule has 9 heteroatoms. The van der Waals surface area contributed by atoms with E-state index < -0.39 is 11.7 Å². The van der Waals surface area contributed by atoms with Crippen molar-refractivity contribution < 1.29 is 13.2 Å². The van der Waals surface area contributed by atoms with Crippen LogP contribution in [-0.4, -0.2) is 9.97 Å². The van der Waals surface area contributed by atoms with Gasteiger partial charge in [0.05, 0.1) is 5.56 Å². The fraction of sp³-hybridized carbons (Fsp3) is 0.167. The van der Waals surface area contributed by atoms with Gasteiger partial charge < -0.3 is 10.7 Å². The maximum Gasteiger partial charge on any atom is 0.416 e. The standard InChI is InChI=1S/C12H11BrF3N5/c13-9-10(19-6-20-11(9)21-17)18-5-7-1-3-8(4-2-7)12(14,15)16/h1-4,6H,5,17H2,(H2,18,19,20,21). The first-order valence-corrected chi connectivity index (χ1v) is 6.58. The van der Waals surface area contributed by atoms with Crippen molar-refractivity contribution in [1.29, 1.82) is 0 Å². The largest absolute Gasteiger partial charge is 0.416 e. The van der Waals surface area contributed by atoms with E-state index in [9.17, 15) is 13.2 Å². The zero-order valence-electron chi connectivity index (χ0n) is 10.6. The van der Waals surface area contributed by atoms with E-state index in [-0.39, 0.29) is 0 Å². The summed E-state index contributed by atoms with van der Waals surface area (Å²) in [5.74, 6) is 6.17. The van der Waals surface area contributed by atoms with Crippen LogP contribution in [0.2, 0.25) is 0 Å². The van der Waals surface area contributed by atoms with Crippen LogP contribution in [0.25, 0.3) is 0 Å². The lowest BCUT2D eigenvalue weighted by molar-refractivity contribution is -0.137. The van der Waals surface area contributed by atoms with Gasteiger partial charge in [0.2, 0.25) is 0 Å². The summed E-state index contributed by atoms with van der Waals surface area (Å²) < 4.78 is 37.9. The molecule has 2 aromatic rings. The number of nitrogen functional groups attached to an aromatic ring is 1. The highest BCUT2D eigenvalue weighted by molar-refractivity contribution is 9.10. The summed E-state index contributed by atoms with van der Waals surface area (Å²) in [6, 6.07) is 4.90. The minimum Gasteiger partial charge on any atom is -0.365 e. The lowest BCUT2D eigenvalue weighted by atomic mass is 10.1. The summed E-state index contributed by atoms with van der Waals surface area (Å²) in [6.45, 7) is 0.317. The minimum absolute atomic E-state index is 0.317. The van der Waals surface area contributed by atoms with E-state index in [1.54, 1.807) is 0 Å². The fourth-order valence-corrected chi connectivity index (χ4v) is 2.05. The van der Waals surface area contributed by atoms with Crippen LogP contribution in [-0.2, 0) is 12.7 Å². The molecule has 4 N–H and O–H groups in total. The van der Waals surface area contributed by atoms with Crippen molar-refractivity contribution in [3.05, 3.63) is 46.2 Å². The van der Waals surface area contributed by atoms with E-state index >= 15 is 0 Å². The first-order chi connectivity index (χ1) is 9.91. The van der Waals surface area contributed by atoms with Gasteiger partial charge in [-0.05, 0) is 33.6 Å². The summed E-state index contributed by atoms with van der Waals surface area (Å²) in [6.07, 6.45) is -3.02. The van der Waals surface area contributed by atoms with E-state index in [0.717, 1.165) is 12.1 Å². The number of hydrogen-bond acceptors (Lipinski definition) is 5. The van der Waals surface area contributed by atoms with Crippen LogP contribution < -0.4 is 16.6 Å². The number of anilines is 2. The Morgan fingerprint density at radius 3 is 2.29 bits per heavy atom. The maximum absolute atomic E-state index is 12.4. The molecular weight excluding hydrogens is 351 g/mol. The van der Waals surface area contributed by atoms with Gasteiger partial charge in [0.25, 0.3) is 0 Å². The molecule has 0 aliphatic rings. The van der Waals surface area contributed by atoms with Crippen LogP contribution in [0, 0.1) is 0 Å². The Kier molecular flexibility index (Phi) is 4.63. The molecular formula is C12H11BrF3N5. The number of hydrazine groups is 1. The Bertz CT molecular complexity index is 615. The first-order valence-electron chi connectivity index (χ1n) is 5.79. The molecule has 5 nitrogen and oxygen atoms in total. The number of halogens is 4. The molecule has 0 unspecified atom stereocenters. The van der Waals surface area contributed by atoms with Gasteiger partial charge in [0.15, 0.2) is 5.82 Å². The number of nitrogens with zero attached hydrogens (tertiary/aromatic N) is 2. The van der Waals surface area contributed by atoms with Crippen molar-refractivity contribution in [2.75, 3.05) is 10.7 Å².